The molecule has 538 valence electrons. The quantitative estimate of drug-likeness (QED) is 0.0410. The van der Waals surface area contributed by atoms with Gasteiger partial charge in [-0.05, 0) is 158 Å². The Labute approximate surface area is 615 Å². The number of anilines is 1. The number of carbonyl (C=O) groups is 3. The molecule has 6 N–H and O–H groups in total. The van der Waals surface area contributed by atoms with E-state index in [0.29, 0.717) is 68.8 Å². The van der Waals surface area contributed by atoms with Gasteiger partial charge < -0.3 is 54.3 Å². The molecule has 35 heteroatoms. The standard InChI is InChI=1S/C20H32N4O3SSi.C17H32BN3O5Si.C16H14ClN5OS.C9H10N4S.C3H2BrNS/c1-20(2,3)27-19(25)23-10-8-16-15(13-23)18(17-7-9-21-28-17)22-24(16)14-26-11-12-29(4,5)6;1-17(2,3)26-16(22)20-8-7-14-13(11-20)15(18(23)24)19-21(14)12-25-9-10-27(4,5)6;17-10-2-1-3-11(8-10)19-16(23)22-7-5-13-12(9-22)15(21-20-13)14-4-6-18-24-14;1-3-10-5-6-7(1)12-13-9(6)8-2-4-11-14-8;4-3-1-2-5-6-3/h7,9H,8,10-14H2,1-6H3;23-24H,7-12H2,1-6H3;1-4,6,8H,5,7,9H2,(H,19,23)(H,20,21);2,4,10H,1,3,5H2,(H,12,13);1-2H. The van der Waals surface area contributed by atoms with Crippen LogP contribution in [0.25, 0.3) is 31.7 Å². The molecule has 4 aliphatic heterocycles. The number of H-pyrrole nitrogens is 2. The van der Waals surface area contributed by atoms with Gasteiger partial charge in [-0.2, -0.15) is 20.4 Å². The number of rotatable bonds is 15. The summed E-state index contributed by atoms with van der Waals surface area (Å²) in [5.41, 5.74) is 11.1. The van der Waals surface area contributed by atoms with Gasteiger partial charge in [-0.1, -0.05) is 56.9 Å². The van der Waals surface area contributed by atoms with Gasteiger partial charge in [-0.3, -0.25) is 10.2 Å². The number of nitrogens with zero attached hydrogens (tertiary/aromatic N) is 13. The molecule has 12 heterocycles. The number of benzene rings is 1. The molecule has 0 atom stereocenters. The minimum atomic E-state index is -1.69. The number of aromatic nitrogens is 12. The van der Waals surface area contributed by atoms with Crippen LogP contribution < -0.4 is 16.2 Å². The Balaban J connectivity index is 0.000000154. The molecule has 0 spiro atoms. The summed E-state index contributed by atoms with van der Waals surface area (Å²) in [6, 6.07) is 17.0. The van der Waals surface area contributed by atoms with E-state index in [2.05, 4.69) is 109 Å². The molecular formula is C65H90BBrClN17O9S4Si2. The molecule has 26 nitrogen and oxygen atoms in total. The highest BCUT2D eigenvalue weighted by atomic mass is 79.9. The molecule has 0 aliphatic carbocycles. The first-order valence-corrected chi connectivity index (χ1v) is 44.7. The van der Waals surface area contributed by atoms with Crippen LogP contribution in [0, 0.1) is 0 Å². The molecule has 0 radical (unpaired) electrons. The smallest absolute Gasteiger partial charge is 0.444 e. The normalized spacial score (nSPS) is 14.3. The third kappa shape index (κ3) is 22.7. The number of nitrogens with one attached hydrogen (secondary N) is 4. The van der Waals surface area contributed by atoms with Crippen molar-refractivity contribution in [1.82, 2.24) is 77.5 Å². The van der Waals surface area contributed by atoms with Crippen molar-refractivity contribution in [2.75, 3.05) is 44.7 Å². The van der Waals surface area contributed by atoms with Gasteiger partial charge in [0.2, 0.25) is 0 Å². The maximum Gasteiger partial charge on any atom is 0.510 e. The van der Waals surface area contributed by atoms with Gasteiger partial charge in [-0.15, -0.1) is 0 Å². The molecule has 1 aromatic carbocycles. The number of halogens is 2. The second-order valence-corrected chi connectivity index (χ2v) is 44.9. The van der Waals surface area contributed by atoms with E-state index in [-0.39, 0.29) is 31.0 Å². The SMILES string of the molecule is Brc1ccns1.CC(C)(C)OC(=O)N1CCc2c(c(-c3ccns3)nn2COCC[Si](C)(C)C)C1.CC(C)(C)OC(=O)N1CCc2c(c(B(O)O)nn2COCC[Si](C)(C)C)C1.O=C(Nc1cccc(Cl)c1)N1CCc2[nH]nc(-c3ccns3)c2C1.c1cc(-c2n[nH]c3c2CNCC3)sn1. The van der Waals surface area contributed by atoms with Crippen LogP contribution in [0.3, 0.4) is 0 Å². The Morgan fingerprint density at radius 3 is 1.60 bits per heavy atom. The zero-order valence-electron chi connectivity index (χ0n) is 58.7. The fourth-order valence-electron chi connectivity index (χ4n) is 10.7. The first-order valence-electron chi connectivity index (χ1n) is 33.0. The van der Waals surface area contributed by atoms with E-state index in [1.165, 1.54) is 57.4 Å². The average molecular weight is 1560 g/mol. The Hall–Kier alpha value is -6.54. The van der Waals surface area contributed by atoms with E-state index in [4.69, 9.17) is 35.6 Å². The molecule has 4 aliphatic rings. The lowest BCUT2D eigenvalue weighted by Crippen LogP contribution is -2.43. The average Bonchev–Trinajstić information content (AvgIpc) is 1.64. The second kappa shape index (κ2) is 35.1. The van der Waals surface area contributed by atoms with Crippen molar-refractivity contribution in [1.29, 1.82) is 0 Å². The van der Waals surface area contributed by atoms with Crippen molar-refractivity contribution in [2.45, 2.75) is 169 Å². The summed E-state index contributed by atoms with van der Waals surface area (Å²) in [4.78, 5) is 45.7. The lowest BCUT2D eigenvalue weighted by molar-refractivity contribution is 0.0208. The summed E-state index contributed by atoms with van der Waals surface area (Å²) in [5, 5.41) is 50.3. The fourth-order valence-corrected chi connectivity index (χ4v) is 15.0. The monoisotopic (exact) mass is 1560 g/mol. The van der Waals surface area contributed by atoms with Crippen LogP contribution in [-0.4, -0.2) is 174 Å². The topological polar surface area (TPSA) is 307 Å². The molecular weight excluding hydrogens is 1470 g/mol. The van der Waals surface area contributed by atoms with Crippen molar-refractivity contribution >= 4 is 126 Å². The van der Waals surface area contributed by atoms with Gasteiger partial charge >= 0.3 is 25.3 Å². The summed E-state index contributed by atoms with van der Waals surface area (Å²) < 4.78 is 43.7. The summed E-state index contributed by atoms with van der Waals surface area (Å²) in [7, 11) is -3.99. The van der Waals surface area contributed by atoms with Gasteiger partial charge in [0.05, 0.1) is 43.6 Å². The largest absolute Gasteiger partial charge is 0.510 e. The first-order chi connectivity index (χ1) is 47.5. The molecule has 4 amide bonds. The lowest BCUT2D eigenvalue weighted by atomic mass is 9.81. The van der Waals surface area contributed by atoms with Crippen molar-refractivity contribution in [3.8, 4) is 31.7 Å². The molecule has 13 rings (SSSR count). The van der Waals surface area contributed by atoms with Crippen molar-refractivity contribution in [2.24, 2.45) is 0 Å². The lowest BCUT2D eigenvalue weighted by Gasteiger charge is -2.30. The number of ether oxygens (including phenoxy) is 4. The van der Waals surface area contributed by atoms with Crippen LogP contribution in [0.5, 0.6) is 0 Å². The number of aromatic amines is 2. The van der Waals surface area contributed by atoms with Crippen LogP contribution in [0.4, 0.5) is 20.1 Å². The van der Waals surface area contributed by atoms with Crippen molar-refractivity contribution < 1.29 is 43.4 Å². The number of fused-ring (bicyclic) bond motifs is 4. The third-order valence-electron chi connectivity index (χ3n) is 15.8. The van der Waals surface area contributed by atoms with E-state index in [1.54, 1.807) is 50.1 Å². The van der Waals surface area contributed by atoms with Gasteiger partial charge in [-0.25, -0.2) is 41.2 Å². The highest BCUT2D eigenvalue weighted by molar-refractivity contribution is 9.11. The van der Waals surface area contributed by atoms with Gasteiger partial charge in [0.25, 0.3) is 0 Å². The predicted molar refractivity (Wildman–Crippen MR) is 403 cm³/mol. The van der Waals surface area contributed by atoms with Gasteiger partial charge in [0, 0.05) is 168 Å². The molecule has 8 aromatic heterocycles. The summed E-state index contributed by atoms with van der Waals surface area (Å²) in [5.74, 6) is 0. The Bertz CT molecular complexity index is 4080. The number of hydrogen-bond acceptors (Lipinski definition) is 22. The van der Waals surface area contributed by atoms with Crippen molar-refractivity contribution in [3.63, 3.8) is 0 Å². The molecule has 100 heavy (non-hydrogen) atoms. The molecule has 0 saturated carbocycles. The number of amides is 4. The van der Waals surface area contributed by atoms with E-state index in [0.717, 1.165) is 115 Å². The van der Waals surface area contributed by atoms with E-state index in [1.807, 2.05) is 88.8 Å². The minimum absolute atomic E-state index is 0.139. The summed E-state index contributed by atoms with van der Waals surface area (Å²) in [6.45, 7) is 32.1. The molecule has 9 aromatic rings. The number of carbonyl (C=O) groups excluding carboxylic acids is 3. The van der Waals surface area contributed by atoms with Gasteiger partial charge in [0.1, 0.15) is 41.7 Å². The highest BCUT2D eigenvalue weighted by Crippen LogP contribution is 2.35. The van der Waals surface area contributed by atoms with Crippen LogP contribution in [0.1, 0.15) is 86.6 Å². The van der Waals surface area contributed by atoms with Crippen LogP contribution >= 0.6 is 73.7 Å². The fraction of sp³-hybridized carbons (Fsp3) is 0.492. The third-order valence-corrected chi connectivity index (χ3v) is 22.9. The van der Waals surface area contributed by atoms with E-state index in [9.17, 15) is 24.4 Å². The maximum absolute atomic E-state index is 12.6. The van der Waals surface area contributed by atoms with Crippen LogP contribution in [0.2, 0.25) is 56.4 Å². The second-order valence-electron chi connectivity index (χ2n) is 28.5. The molecule has 0 saturated heterocycles. The van der Waals surface area contributed by atoms with Crippen LogP contribution in [-0.2, 0) is 84.3 Å². The zero-order valence-corrected chi connectivity index (χ0v) is 66.3. The van der Waals surface area contributed by atoms with Crippen LogP contribution in [0.15, 0.2) is 77.1 Å². The Morgan fingerprint density at radius 2 is 1.11 bits per heavy atom. The van der Waals surface area contributed by atoms with E-state index < -0.39 is 40.6 Å². The summed E-state index contributed by atoms with van der Waals surface area (Å²) >= 11 is 15.0. The zero-order chi connectivity index (χ0) is 71.9. The minimum Gasteiger partial charge on any atom is -0.444 e. The van der Waals surface area contributed by atoms with Crippen molar-refractivity contribution in [3.05, 3.63) is 127 Å². The molecule has 0 bridgehead atoms. The highest BCUT2D eigenvalue weighted by Gasteiger charge is 2.35. The number of urea groups is 1. The summed E-state index contributed by atoms with van der Waals surface area (Å²) in [6.07, 6.45) is 9.52. The first kappa shape index (κ1) is 77.6. The predicted octanol–water partition coefficient (Wildman–Crippen LogP) is 12.6. The van der Waals surface area contributed by atoms with Gasteiger partial charge in [0.15, 0.2) is 0 Å². The molecule has 0 fully saturated rings. The Kier molecular flexibility index (Phi) is 27.2. The molecule has 0 unspecified atom stereocenters. The Morgan fingerprint density at radius 1 is 0.620 bits per heavy atom. The maximum atomic E-state index is 12.6. The number of hydrogen-bond donors (Lipinski definition) is 6. The van der Waals surface area contributed by atoms with E-state index >= 15 is 0 Å².